The summed E-state index contributed by atoms with van der Waals surface area (Å²) >= 11 is 1.48. The first-order chi connectivity index (χ1) is 16.5. The summed E-state index contributed by atoms with van der Waals surface area (Å²) < 4.78 is 39.9. The lowest BCUT2D eigenvalue weighted by atomic mass is 9.88. The van der Waals surface area contributed by atoms with Crippen molar-refractivity contribution in [2.75, 3.05) is 5.32 Å². The molecule has 1 fully saturated rings. The summed E-state index contributed by atoms with van der Waals surface area (Å²) in [6, 6.07) is 5.37. The fraction of sp³-hybridized carbons (Fsp3) is 0.435. The Bertz CT molecular complexity index is 1270. The molecule has 1 aliphatic carbocycles. The third kappa shape index (κ3) is 6.38. The maximum atomic E-state index is 13.4. The Morgan fingerprint density at radius 1 is 1.20 bits per heavy atom. The lowest BCUT2D eigenvalue weighted by molar-refractivity contribution is 0.0787. The minimum atomic E-state index is -3.86. The summed E-state index contributed by atoms with van der Waals surface area (Å²) in [6.45, 7) is 5.38. The average molecular weight is 520 g/mol. The van der Waals surface area contributed by atoms with Gasteiger partial charge < -0.3 is 20.2 Å². The van der Waals surface area contributed by atoms with Crippen LogP contribution >= 0.6 is 11.3 Å². The van der Waals surface area contributed by atoms with Crippen LogP contribution in [0.4, 0.5) is 16.5 Å². The molecule has 0 radical (unpaired) electrons. The van der Waals surface area contributed by atoms with Gasteiger partial charge in [-0.1, -0.05) is 6.07 Å². The van der Waals surface area contributed by atoms with E-state index in [1.54, 1.807) is 45.2 Å². The number of ether oxygens (including phenoxy) is 1. The summed E-state index contributed by atoms with van der Waals surface area (Å²) in [5.41, 5.74) is 5.57. The zero-order valence-corrected chi connectivity index (χ0v) is 21.4. The first-order valence-corrected chi connectivity index (χ1v) is 13.6. The number of nitrogens with zero attached hydrogens (tertiary/aromatic N) is 2. The van der Waals surface area contributed by atoms with Gasteiger partial charge in [0.1, 0.15) is 12.4 Å². The lowest BCUT2D eigenvalue weighted by Crippen LogP contribution is -2.40. The maximum Gasteiger partial charge on any atom is 0.404 e. The Morgan fingerprint density at radius 2 is 1.94 bits per heavy atom. The summed E-state index contributed by atoms with van der Waals surface area (Å²) in [5, 5.41) is 3.92. The molecule has 1 amide bonds. The highest BCUT2D eigenvalue weighted by Crippen LogP contribution is 2.40. The van der Waals surface area contributed by atoms with Crippen LogP contribution in [0.15, 0.2) is 46.2 Å². The van der Waals surface area contributed by atoms with Gasteiger partial charge in [-0.3, -0.25) is 0 Å². The lowest BCUT2D eigenvalue weighted by Gasteiger charge is -2.26. The number of anilines is 2. The highest BCUT2D eigenvalue weighted by atomic mass is 32.2. The van der Waals surface area contributed by atoms with Crippen LogP contribution in [-0.4, -0.2) is 36.1 Å². The van der Waals surface area contributed by atoms with E-state index in [9.17, 15) is 13.2 Å². The quantitative estimate of drug-likeness (QED) is 0.405. The molecule has 0 saturated heterocycles. The van der Waals surface area contributed by atoms with E-state index in [4.69, 9.17) is 14.9 Å². The number of nitrogens with one attached hydrogen (secondary N) is 2. The van der Waals surface area contributed by atoms with E-state index in [2.05, 4.69) is 20.0 Å². The van der Waals surface area contributed by atoms with E-state index >= 15 is 0 Å². The molecule has 0 bridgehead atoms. The van der Waals surface area contributed by atoms with Crippen LogP contribution in [0.1, 0.15) is 57.4 Å². The summed E-state index contributed by atoms with van der Waals surface area (Å²) in [4.78, 5) is 20.6. The van der Waals surface area contributed by atoms with Crippen molar-refractivity contribution < 1.29 is 22.4 Å². The average Bonchev–Trinajstić information content (AvgIpc) is 3.45. The molecule has 188 valence electrons. The molecule has 3 aromatic rings. The van der Waals surface area contributed by atoms with Gasteiger partial charge in [-0.05, 0) is 58.6 Å². The van der Waals surface area contributed by atoms with Crippen molar-refractivity contribution in [3.63, 3.8) is 0 Å². The summed E-state index contributed by atoms with van der Waals surface area (Å²) in [5.74, 6) is 0.222. The molecule has 4 N–H and O–H groups in total. The van der Waals surface area contributed by atoms with Crippen LogP contribution in [0.3, 0.4) is 0 Å². The molecule has 0 unspecified atom stereocenters. The van der Waals surface area contributed by atoms with Crippen LogP contribution in [-0.2, 0) is 14.8 Å². The van der Waals surface area contributed by atoms with Crippen molar-refractivity contribution in [3.05, 3.63) is 41.9 Å². The fourth-order valence-corrected chi connectivity index (χ4v) is 6.94. The SMILES string of the molecule is CC(C)(C)NS(=O)(=O)c1cc(Nc2ncco2)ccc1-c1cnc(C2CCC(OC(N)=O)CC2)s1. The van der Waals surface area contributed by atoms with Crippen LogP contribution in [0.2, 0.25) is 0 Å². The first-order valence-electron chi connectivity index (χ1n) is 11.3. The number of amides is 1. The van der Waals surface area contributed by atoms with Crippen molar-refractivity contribution in [1.82, 2.24) is 14.7 Å². The fourth-order valence-electron chi connectivity index (χ4n) is 4.09. The van der Waals surface area contributed by atoms with Gasteiger partial charge >= 0.3 is 6.09 Å². The van der Waals surface area contributed by atoms with E-state index in [0.717, 1.165) is 35.6 Å². The second kappa shape index (κ2) is 9.96. The van der Waals surface area contributed by atoms with E-state index in [1.807, 2.05) is 0 Å². The standard InChI is InChI=1S/C23H29N5O5S2/c1-23(2,3)28-35(30,31)19-12-15(27-22-25-10-11-32-22)6-9-17(19)18-13-26-20(34-18)14-4-7-16(8-5-14)33-21(24)29/h6,9-14,16,28H,4-5,7-8H2,1-3H3,(H2,24,29)(H,25,27). The first kappa shape index (κ1) is 25.1. The largest absolute Gasteiger partial charge is 0.446 e. The third-order valence-electron chi connectivity index (χ3n) is 5.49. The topological polar surface area (TPSA) is 149 Å². The number of nitrogens with two attached hydrogens (primary N) is 1. The molecule has 0 aliphatic heterocycles. The molecule has 0 atom stereocenters. The van der Waals surface area contributed by atoms with Gasteiger partial charge in [0, 0.05) is 28.9 Å². The minimum Gasteiger partial charge on any atom is -0.446 e. The minimum absolute atomic E-state index is 0.137. The smallest absolute Gasteiger partial charge is 0.404 e. The Morgan fingerprint density at radius 3 is 2.57 bits per heavy atom. The molecule has 12 heteroatoms. The van der Waals surface area contributed by atoms with E-state index in [0.29, 0.717) is 11.3 Å². The number of carbonyl (C=O) groups excluding carboxylic acids is 1. The van der Waals surface area contributed by atoms with Crippen LogP contribution in [0, 0.1) is 0 Å². The van der Waals surface area contributed by atoms with Gasteiger partial charge in [0.2, 0.25) is 10.0 Å². The summed E-state index contributed by atoms with van der Waals surface area (Å²) in [7, 11) is -3.86. The molecule has 0 spiro atoms. The van der Waals surface area contributed by atoms with Gasteiger partial charge in [-0.25, -0.2) is 27.9 Å². The Hall–Kier alpha value is -2.96. The Labute approximate surface area is 208 Å². The van der Waals surface area contributed by atoms with Crippen molar-refractivity contribution in [1.29, 1.82) is 0 Å². The normalized spacial score (nSPS) is 18.8. The molecule has 1 aliphatic rings. The van der Waals surface area contributed by atoms with E-state index in [-0.39, 0.29) is 22.9 Å². The number of thiazole rings is 1. The number of sulfonamides is 1. The van der Waals surface area contributed by atoms with Gasteiger partial charge in [0.15, 0.2) is 0 Å². The number of hydrogen-bond acceptors (Lipinski definition) is 9. The number of benzene rings is 1. The maximum absolute atomic E-state index is 13.4. The molecule has 10 nitrogen and oxygen atoms in total. The number of oxazole rings is 1. The van der Waals surface area contributed by atoms with Crippen molar-refractivity contribution in [3.8, 4) is 10.4 Å². The molecule has 2 heterocycles. The second-order valence-corrected chi connectivity index (χ2v) is 12.2. The van der Waals surface area contributed by atoms with Crippen molar-refractivity contribution >= 4 is 39.2 Å². The van der Waals surface area contributed by atoms with Gasteiger partial charge in [0.25, 0.3) is 6.01 Å². The molecular weight excluding hydrogens is 490 g/mol. The van der Waals surface area contributed by atoms with Crippen LogP contribution in [0.25, 0.3) is 10.4 Å². The number of primary amides is 1. The van der Waals surface area contributed by atoms with Crippen molar-refractivity contribution in [2.45, 2.75) is 68.9 Å². The predicted octanol–water partition coefficient (Wildman–Crippen LogP) is 4.74. The number of hydrogen-bond donors (Lipinski definition) is 3. The molecule has 1 aromatic carbocycles. The van der Waals surface area contributed by atoms with Crippen LogP contribution in [0.5, 0.6) is 0 Å². The van der Waals surface area contributed by atoms with E-state index in [1.165, 1.54) is 23.8 Å². The van der Waals surface area contributed by atoms with E-state index < -0.39 is 21.7 Å². The zero-order valence-electron chi connectivity index (χ0n) is 19.8. The summed E-state index contributed by atoms with van der Waals surface area (Å²) in [6.07, 6.45) is 6.83. The Kier molecular flexibility index (Phi) is 7.15. The molecule has 1 saturated carbocycles. The number of aromatic nitrogens is 2. The zero-order chi connectivity index (χ0) is 25.2. The Balaban J connectivity index is 1.63. The van der Waals surface area contributed by atoms with Crippen LogP contribution < -0.4 is 15.8 Å². The molecule has 35 heavy (non-hydrogen) atoms. The number of carbonyl (C=O) groups is 1. The predicted molar refractivity (Wildman–Crippen MR) is 133 cm³/mol. The third-order valence-corrected chi connectivity index (χ3v) is 8.48. The highest BCUT2D eigenvalue weighted by Gasteiger charge is 2.29. The highest BCUT2D eigenvalue weighted by molar-refractivity contribution is 7.89. The monoisotopic (exact) mass is 519 g/mol. The molecule has 2 aromatic heterocycles. The van der Waals surface area contributed by atoms with Gasteiger partial charge in [0.05, 0.1) is 21.0 Å². The molecule has 4 rings (SSSR count). The van der Waals surface area contributed by atoms with Crippen molar-refractivity contribution in [2.24, 2.45) is 5.73 Å². The molecular formula is C23H29N5O5S2. The second-order valence-electron chi connectivity index (χ2n) is 9.50. The van der Waals surface area contributed by atoms with Gasteiger partial charge in [-0.15, -0.1) is 11.3 Å². The number of rotatable bonds is 7. The van der Waals surface area contributed by atoms with Gasteiger partial charge in [-0.2, -0.15) is 0 Å².